The van der Waals surface area contributed by atoms with E-state index in [1.807, 2.05) is 0 Å². The van der Waals surface area contributed by atoms with E-state index in [1.165, 1.54) is 12.5 Å². The van der Waals surface area contributed by atoms with Crippen molar-refractivity contribution >= 4 is 21.6 Å². The normalized spacial score (nSPS) is 14.6. The number of ether oxygens (including phenoxy) is 2. The fourth-order valence-corrected chi connectivity index (χ4v) is 2.03. The second-order valence-corrected chi connectivity index (χ2v) is 4.04. The highest BCUT2D eigenvalue weighted by Gasteiger charge is 2.22. The van der Waals surface area contributed by atoms with Crippen molar-refractivity contribution in [1.29, 1.82) is 0 Å². The molecule has 1 aliphatic heterocycles. The summed E-state index contributed by atoms with van der Waals surface area (Å²) in [5.74, 6) is 0. The Bertz CT molecular complexity index is 438. The lowest BCUT2D eigenvalue weighted by Gasteiger charge is -2.10. The van der Waals surface area contributed by atoms with Gasteiger partial charge in [0, 0.05) is 5.56 Å². The zero-order chi connectivity index (χ0) is 11.5. The summed E-state index contributed by atoms with van der Waals surface area (Å²) in [5.41, 5.74) is 0.634. The van der Waals surface area contributed by atoms with Crippen LogP contribution in [0.3, 0.4) is 0 Å². The highest BCUT2D eigenvalue weighted by atomic mass is 79.9. The van der Waals surface area contributed by atoms with E-state index in [1.54, 1.807) is 18.2 Å². The van der Waals surface area contributed by atoms with E-state index in [0.29, 0.717) is 16.5 Å². The minimum atomic E-state index is -0.479. The molecule has 0 fully saturated rings. The molecular weight excluding hydrogens is 278 g/mol. The first-order valence-electron chi connectivity index (χ1n) is 4.56. The van der Waals surface area contributed by atoms with E-state index in [9.17, 15) is 10.1 Å². The first kappa shape index (κ1) is 10.9. The maximum Gasteiger partial charge on any atom is 0.286 e. The standard InChI is InChI=1S/C10H8BrNO4/c11-8-3-1-2-7(10(8)12(13)14)6-9-15-4-5-16-9/h1-5,9H,6H2. The van der Waals surface area contributed by atoms with Gasteiger partial charge in [0.05, 0.1) is 15.8 Å². The van der Waals surface area contributed by atoms with Crippen LogP contribution in [0.2, 0.25) is 0 Å². The minimum absolute atomic E-state index is 0.0570. The van der Waals surface area contributed by atoms with Crippen molar-refractivity contribution in [3.8, 4) is 0 Å². The van der Waals surface area contributed by atoms with Crippen molar-refractivity contribution in [3.63, 3.8) is 0 Å². The number of benzene rings is 1. The molecule has 1 aromatic carbocycles. The van der Waals surface area contributed by atoms with Crippen LogP contribution >= 0.6 is 15.9 Å². The molecule has 0 saturated heterocycles. The summed E-state index contributed by atoms with van der Waals surface area (Å²) in [6.45, 7) is 0. The van der Waals surface area contributed by atoms with Crippen molar-refractivity contribution in [3.05, 3.63) is 50.9 Å². The molecule has 6 heteroatoms. The highest BCUT2D eigenvalue weighted by molar-refractivity contribution is 9.10. The summed E-state index contributed by atoms with van der Waals surface area (Å²) in [5, 5.41) is 10.9. The Morgan fingerprint density at radius 2 is 2.06 bits per heavy atom. The van der Waals surface area contributed by atoms with Crippen LogP contribution in [0.15, 0.2) is 35.2 Å². The van der Waals surface area contributed by atoms with Gasteiger partial charge in [0.2, 0.25) is 6.29 Å². The molecule has 0 aromatic heterocycles. The van der Waals surface area contributed by atoms with Gasteiger partial charge in [-0.1, -0.05) is 12.1 Å². The SMILES string of the molecule is O=[N+]([O-])c1c(Br)cccc1CC1OC=CO1. The summed E-state index contributed by atoms with van der Waals surface area (Å²) >= 11 is 3.16. The second kappa shape index (κ2) is 4.52. The average Bonchev–Trinajstić information content (AvgIpc) is 2.70. The van der Waals surface area contributed by atoms with E-state index in [-0.39, 0.29) is 5.69 Å². The molecule has 1 aromatic rings. The van der Waals surface area contributed by atoms with E-state index < -0.39 is 11.2 Å². The molecule has 0 unspecified atom stereocenters. The summed E-state index contributed by atoms with van der Waals surface area (Å²) in [6.07, 6.45) is 2.71. The summed E-state index contributed by atoms with van der Waals surface area (Å²) < 4.78 is 10.6. The lowest BCUT2D eigenvalue weighted by atomic mass is 10.1. The second-order valence-electron chi connectivity index (χ2n) is 3.18. The predicted molar refractivity (Wildman–Crippen MR) is 59.6 cm³/mol. The molecule has 16 heavy (non-hydrogen) atoms. The van der Waals surface area contributed by atoms with Gasteiger partial charge in [-0.15, -0.1) is 0 Å². The van der Waals surface area contributed by atoms with Crippen LogP contribution in [0, 0.1) is 10.1 Å². The average molecular weight is 286 g/mol. The fourth-order valence-electron chi connectivity index (χ4n) is 1.48. The molecule has 0 amide bonds. The fraction of sp³-hybridized carbons (Fsp3) is 0.200. The van der Waals surface area contributed by atoms with Gasteiger partial charge < -0.3 is 9.47 Å². The quantitative estimate of drug-likeness (QED) is 0.633. The zero-order valence-electron chi connectivity index (χ0n) is 8.13. The number of hydrogen-bond donors (Lipinski definition) is 0. The molecule has 5 nitrogen and oxygen atoms in total. The molecule has 0 radical (unpaired) electrons. The Balaban J connectivity index is 2.25. The summed E-state index contributed by atoms with van der Waals surface area (Å²) in [4.78, 5) is 10.5. The van der Waals surface area contributed by atoms with Gasteiger partial charge >= 0.3 is 0 Å². The molecule has 0 saturated carbocycles. The number of nitro benzene ring substituents is 1. The molecule has 0 bridgehead atoms. The molecule has 0 atom stereocenters. The van der Waals surface area contributed by atoms with Crippen molar-refractivity contribution in [2.75, 3.05) is 0 Å². The van der Waals surface area contributed by atoms with E-state index in [4.69, 9.17) is 9.47 Å². The predicted octanol–water partition coefficient (Wildman–Crippen LogP) is 2.74. The number of halogens is 1. The van der Waals surface area contributed by atoms with E-state index in [2.05, 4.69) is 15.9 Å². The third-order valence-corrected chi connectivity index (χ3v) is 2.80. The van der Waals surface area contributed by atoms with Crippen molar-refractivity contribution < 1.29 is 14.4 Å². The zero-order valence-corrected chi connectivity index (χ0v) is 9.72. The third kappa shape index (κ3) is 2.16. The van der Waals surface area contributed by atoms with Crippen LogP contribution in [-0.2, 0) is 15.9 Å². The van der Waals surface area contributed by atoms with Gasteiger partial charge in [-0.05, 0) is 22.0 Å². The number of para-hydroxylation sites is 1. The number of nitrogens with zero attached hydrogens (tertiary/aromatic N) is 1. The van der Waals surface area contributed by atoms with Crippen LogP contribution in [-0.4, -0.2) is 11.2 Å². The van der Waals surface area contributed by atoms with Crippen molar-refractivity contribution in [2.24, 2.45) is 0 Å². The number of rotatable bonds is 3. The largest absolute Gasteiger partial charge is 0.459 e. The molecule has 0 spiro atoms. The number of hydrogen-bond acceptors (Lipinski definition) is 4. The summed E-state index contributed by atoms with van der Waals surface area (Å²) in [7, 11) is 0. The Kier molecular flexibility index (Phi) is 3.09. The Morgan fingerprint density at radius 1 is 1.38 bits per heavy atom. The van der Waals surface area contributed by atoms with Crippen molar-refractivity contribution in [2.45, 2.75) is 12.7 Å². The Morgan fingerprint density at radius 3 is 2.69 bits per heavy atom. The van der Waals surface area contributed by atoms with Gasteiger partial charge in [-0.3, -0.25) is 10.1 Å². The maximum atomic E-state index is 10.9. The molecule has 1 aliphatic rings. The van der Waals surface area contributed by atoms with Gasteiger partial charge in [-0.25, -0.2) is 0 Å². The molecule has 0 aliphatic carbocycles. The Labute approximate surface area is 99.9 Å². The molecule has 0 N–H and O–H groups in total. The van der Waals surface area contributed by atoms with Crippen LogP contribution < -0.4 is 0 Å². The smallest absolute Gasteiger partial charge is 0.286 e. The van der Waals surface area contributed by atoms with Crippen molar-refractivity contribution in [1.82, 2.24) is 0 Å². The first-order valence-corrected chi connectivity index (χ1v) is 5.35. The van der Waals surface area contributed by atoms with Crippen LogP contribution in [0.1, 0.15) is 5.56 Å². The van der Waals surface area contributed by atoms with E-state index in [0.717, 1.165) is 0 Å². The van der Waals surface area contributed by atoms with E-state index >= 15 is 0 Å². The lowest BCUT2D eigenvalue weighted by molar-refractivity contribution is -0.386. The number of nitro groups is 1. The third-order valence-electron chi connectivity index (χ3n) is 2.16. The lowest BCUT2D eigenvalue weighted by Crippen LogP contribution is -2.12. The van der Waals surface area contributed by atoms with Crippen LogP contribution in [0.5, 0.6) is 0 Å². The minimum Gasteiger partial charge on any atom is -0.459 e. The molecule has 2 rings (SSSR count). The Hall–Kier alpha value is -1.56. The molecule has 1 heterocycles. The summed E-state index contributed by atoms with van der Waals surface area (Å²) in [6, 6.07) is 5.07. The van der Waals surface area contributed by atoms with Crippen LogP contribution in [0.25, 0.3) is 0 Å². The monoisotopic (exact) mass is 285 g/mol. The van der Waals surface area contributed by atoms with Gasteiger partial charge in [0.15, 0.2) is 0 Å². The van der Waals surface area contributed by atoms with Gasteiger partial charge in [0.25, 0.3) is 5.69 Å². The highest BCUT2D eigenvalue weighted by Crippen LogP contribution is 2.30. The van der Waals surface area contributed by atoms with Gasteiger partial charge in [0.1, 0.15) is 12.5 Å². The first-order chi connectivity index (χ1) is 7.68. The topological polar surface area (TPSA) is 61.6 Å². The molecular formula is C10H8BrNO4. The van der Waals surface area contributed by atoms with Gasteiger partial charge in [-0.2, -0.15) is 0 Å². The molecule has 84 valence electrons. The van der Waals surface area contributed by atoms with Crippen LogP contribution in [0.4, 0.5) is 5.69 Å². The maximum absolute atomic E-state index is 10.9.